The van der Waals surface area contributed by atoms with E-state index < -0.39 is 0 Å². The van der Waals surface area contributed by atoms with Crippen molar-refractivity contribution in [1.29, 1.82) is 0 Å². The molecule has 0 amide bonds. The number of benzene rings is 1. The molecule has 1 aromatic carbocycles. The third-order valence-corrected chi connectivity index (χ3v) is 4.04. The maximum atomic E-state index is 11.8. The van der Waals surface area contributed by atoms with E-state index in [4.69, 9.17) is 4.74 Å². The van der Waals surface area contributed by atoms with Crippen LogP contribution in [0.25, 0.3) is 0 Å². The van der Waals surface area contributed by atoms with Crippen LogP contribution in [0.4, 0.5) is 5.69 Å². The van der Waals surface area contributed by atoms with Crippen molar-refractivity contribution in [3.8, 4) is 0 Å². The Morgan fingerprint density at radius 3 is 2.57 bits per heavy atom. The number of carbonyl (C=O) groups is 1. The van der Waals surface area contributed by atoms with Gasteiger partial charge in [-0.05, 0) is 43.4 Å². The van der Waals surface area contributed by atoms with Crippen molar-refractivity contribution in [2.24, 2.45) is 0 Å². The van der Waals surface area contributed by atoms with E-state index in [1.54, 1.807) is 0 Å². The zero-order chi connectivity index (χ0) is 15.2. The van der Waals surface area contributed by atoms with Gasteiger partial charge in [-0.25, -0.2) is 0 Å². The number of hydrogen-bond donors (Lipinski definition) is 1. The molecule has 1 aliphatic carbocycles. The lowest BCUT2D eigenvalue weighted by Gasteiger charge is -2.23. The van der Waals surface area contributed by atoms with Crippen molar-refractivity contribution in [3.05, 3.63) is 29.8 Å². The number of ether oxygens (including phenoxy) is 1. The summed E-state index contributed by atoms with van der Waals surface area (Å²) < 4.78 is 4.89. The molecule has 4 heteroatoms. The van der Waals surface area contributed by atoms with Gasteiger partial charge >= 0.3 is 5.97 Å². The first-order valence-electron chi connectivity index (χ1n) is 7.78. The molecule has 0 spiro atoms. The average Bonchev–Trinajstić information content (AvgIpc) is 3.34. The highest BCUT2D eigenvalue weighted by molar-refractivity contribution is 5.75. The molecule has 0 radical (unpaired) electrons. The maximum absolute atomic E-state index is 11.8. The van der Waals surface area contributed by atoms with Gasteiger partial charge in [-0.15, -0.1) is 0 Å². The fourth-order valence-corrected chi connectivity index (χ4v) is 2.38. The topological polar surface area (TPSA) is 41.6 Å². The minimum atomic E-state index is -0.195. The summed E-state index contributed by atoms with van der Waals surface area (Å²) in [7, 11) is 3.52. The number of anilines is 1. The molecule has 2 rings (SSSR count). The molecule has 21 heavy (non-hydrogen) atoms. The summed E-state index contributed by atoms with van der Waals surface area (Å²) in [4.78, 5) is 14.0. The SMILES string of the molecule is CCc1ccc(N(C)CCC(NC2CC2)C(=O)OC)cc1. The van der Waals surface area contributed by atoms with Gasteiger partial charge in [-0.2, -0.15) is 0 Å². The van der Waals surface area contributed by atoms with Crippen molar-refractivity contribution in [2.75, 3.05) is 25.6 Å². The van der Waals surface area contributed by atoms with Gasteiger partial charge < -0.3 is 15.0 Å². The van der Waals surface area contributed by atoms with E-state index in [-0.39, 0.29) is 12.0 Å². The number of methoxy groups -OCH3 is 1. The van der Waals surface area contributed by atoms with Crippen LogP contribution >= 0.6 is 0 Å². The minimum Gasteiger partial charge on any atom is -0.468 e. The third-order valence-electron chi connectivity index (χ3n) is 4.04. The molecule has 1 aliphatic rings. The predicted molar refractivity (Wildman–Crippen MR) is 85.7 cm³/mol. The Kier molecular flexibility index (Phi) is 5.62. The second-order valence-electron chi connectivity index (χ2n) is 5.75. The number of hydrogen-bond acceptors (Lipinski definition) is 4. The van der Waals surface area contributed by atoms with Gasteiger partial charge in [0.2, 0.25) is 0 Å². The number of aryl methyl sites for hydroxylation is 1. The molecule has 0 aromatic heterocycles. The molecule has 116 valence electrons. The van der Waals surface area contributed by atoms with E-state index >= 15 is 0 Å². The normalized spacial score (nSPS) is 15.6. The Bertz CT molecular complexity index is 454. The van der Waals surface area contributed by atoms with Gasteiger partial charge in [-0.1, -0.05) is 19.1 Å². The van der Waals surface area contributed by atoms with E-state index in [1.807, 2.05) is 0 Å². The second kappa shape index (κ2) is 7.46. The maximum Gasteiger partial charge on any atom is 0.322 e. The average molecular weight is 290 g/mol. The minimum absolute atomic E-state index is 0.156. The smallest absolute Gasteiger partial charge is 0.322 e. The lowest BCUT2D eigenvalue weighted by atomic mass is 10.1. The molecule has 1 unspecified atom stereocenters. The summed E-state index contributed by atoms with van der Waals surface area (Å²) in [5.41, 5.74) is 2.53. The molecule has 4 nitrogen and oxygen atoms in total. The Labute approximate surface area is 127 Å². The molecule has 0 heterocycles. The highest BCUT2D eigenvalue weighted by atomic mass is 16.5. The van der Waals surface area contributed by atoms with Gasteiger partial charge in [0.05, 0.1) is 7.11 Å². The molecule has 1 fully saturated rings. The van der Waals surface area contributed by atoms with Crippen molar-refractivity contribution in [2.45, 2.75) is 44.7 Å². The molecule has 1 saturated carbocycles. The summed E-state index contributed by atoms with van der Waals surface area (Å²) >= 11 is 0. The van der Waals surface area contributed by atoms with E-state index in [0.29, 0.717) is 6.04 Å². The van der Waals surface area contributed by atoms with Crippen LogP contribution in [0.1, 0.15) is 31.7 Å². The Hall–Kier alpha value is -1.55. The third kappa shape index (κ3) is 4.74. The van der Waals surface area contributed by atoms with Gasteiger partial charge in [0.15, 0.2) is 0 Å². The van der Waals surface area contributed by atoms with Crippen LogP contribution in [-0.2, 0) is 16.0 Å². The van der Waals surface area contributed by atoms with Gasteiger partial charge in [-0.3, -0.25) is 4.79 Å². The molecule has 1 atom stereocenters. The zero-order valence-electron chi connectivity index (χ0n) is 13.3. The van der Waals surface area contributed by atoms with E-state index in [0.717, 1.165) is 19.4 Å². The largest absolute Gasteiger partial charge is 0.468 e. The predicted octanol–water partition coefficient (Wildman–Crippen LogP) is 2.37. The number of esters is 1. The summed E-state index contributed by atoms with van der Waals surface area (Å²) in [5.74, 6) is -0.156. The standard InChI is InChI=1S/C17H26N2O2/c1-4-13-5-9-15(10-6-13)19(2)12-11-16(17(20)21-3)18-14-7-8-14/h5-6,9-10,14,16,18H,4,7-8,11-12H2,1-3H3. The van der Waals surface area contributed by atoms with Crippen LogP contribution in [0, 0.1) is 0 Å². The fraction of sp³-hybridized carbons (Fsp3) is 0.588. The quantitative estimate of drug-likeness (QED) is 0.746. The number of rotatable bonds is 8. The van der Waals surface area contributed by atoms with Crippen LogP contribution in [0.3, 0.4) is 0 Å². The first-order chi connectivity index (χ1) is 10.1. The summed E-state index contributed by atoms with van der Waals surface area (Å²) in [6.45, 7) is 2.98. The van der Waals surface area contributed by atoms with Crippen LogP contribution in [0.2, 0.25) is 0 Å². The highest BCUT2D eigenvalue weighted by Gasteiger charge is 2.28. The summed E-state index contributed by atoms with van der Waals surface area (Å²) in [5, 5.41) is 3.37. The molecule has 0 saturated heterocycles. The van der Waals surface area contributed by atoms with Crippen molar-refractivity contribution in [1.82, 2.24) is 5.32 Å². The van der Waals surface area contributed by atoms with Crippen molar-refractivity contribution in [3.63, 3.8) is 0 Å². The van der Waals surface area contributed by atoms with Crippen molar-refractivity contribution < 1.29 is 9.53 Å². The van der Waals surface area contributed by atoms with E-state index in [1.165, 1.54) is 31.2 Å². The van der Waals surface area contributed by atoms with Gasteiger partial charge in [0, 0.05) is 25.3 Å². The number of nitrogens with zero attached hydrogens (tertiary/aromatic N) is 1. The molecule has 1 aromatic rings. The Morgan fingerprint density at radius 1 is 1.38 bits per heavy atom. The van der Waals surface area contributed by atoms with Crippen LogP contribution < -0.4 is 10.2 Å². The van der Waals surface area contributed by atoms with Crippen LogP contribution in [-0.4, -0.2) is 38.8 Å². The van der Waals surface area contributed by atoms with Crippen LogP contribution in [0.15, 0.2) is 24.3 Å². The fourth-order valence-electron chi connectivity index (χ4n) is 2.38. The van der Waals surface area contributed by atoms with Crippen molar-refractivity contribution >= 4 is 11.7 Å². The lowest BCUT2D eigenvalue weighted by molar-refractivity contribution is -0.143. The zero-order valence-corrected chi connectivity index (χ0v) is 13.3. The van der Waals surface area contributed by atoms with Gasteiger partial charge in [0.1, 0.15) is 6.04 Å². The van der Waals surface area contributed by atoms with Crippen LogP contribution in [0.5, 0.6) is 0 Å². The molecule has 0 aliphatic heterocycles. The molecular weight excluding hydrogens is 264 g/mol. The summed E-state index contributed by atoms with van der Waals surface area (Å²) in [6.07, 6.45) is 4.15. The van der Waals surface area contributed by atoms with E-state index in [2.05, 4.69) is 48.5 Å². The molecule has 0 bridgehead atoms. The number of carbonyl (C=O) groups excluding carboxylic acids is 1. The van der Waals surface area contributed by atoms with Gasteiger partial charge in [0.25, 0.3) is 0 Å². The monoisotopic (exact) mass is 290 g/mol. The first kappa shape index (κ1) is 15.8. The number of nitrogens with one attached hydrogen (secondary N) is 1. The second-order valence-corrected chi connectivity index (χ2v) is 5.75. The Morgan fingerprint density at radius 2 is 2.05 bits per heavy atom. The Balaban J connectivity index is 1.87. The van der Waals surface area contributed by atoms with E-state index in [9.17, 15) is 4.79 Å². The highest BCUT2D eigenvalue weighted by Crippen LogP contribution is 2.21. The summed E-state index contributed by atoms with van der Waals surface area (Å²) in [6, 6.07) is 8.90. The lowest BCUT2D eigenvalue weighted by Crippen LogP contribution is -2.41. The molecular formula is C17H26N2O2. The molecule has 1 N–H and O–H groups in total. The first-order valence-corrected chi connectivity index (χ1v) is 7.78.